The third-order valence-corrected chi connectivity index (χ3v) is 5.53. The van der Waals surface area contributed by atoms with E-state index in [1.807, 2.05) is 0 Å². The lowest BCUT2D eigenvalue weighted by Gasteiger charge is -2.36. The van der Waals surface area contributed by atoms with Gasteiger partial charge in [-0.1, -0.05) is 42.5 Å². The smallest absolute Gasteiger partial charge is 0.258 e. The molecule has 0 saturated heterocycles. The minimum Gasteiger partial charge on any atom is -0.484 e. The molecule has 0 unspecified atom stereocenters. The Hall–Kier alpha value is -2.38. The number of halogens is 3. The van der Waals surface area contributed by atoms with Crippen molar-refractivity contribution in [2.75, 3.05) is 6.61 Å². The molecule has 1 aromatic heterocycles. The molecule has 1 heterocycles. The third-order valence-electron chi connectivity index (χ3n) is 5.00. The van der Waals surface area contributed by atoms with Gasteiger partial charge in [0.1, 0.15) is 17.1 Å². The molecule has 30 heavy (non-hydrogen) atoms. The maximum Gasteiger partial charge on any atom is 0.258 e. The Morgan fingerprint density at radius 3 is 2.57 bits per heavy atom. The Morgan fingerprint density at radius 2 is 1.90 bits per heavy atom. The summed E-state index contributed by atoms with van der Waals surface area (Å²) in [6.07, 6.45) is 5.25. The average molecular weight is 454 g/mol. The summed E-state index contributed by atoms with van der Waals surface area (Å²) in [5.41, 5.74) is -0.339. The van der Waals surface area contributed by atoms with Crippen molar-refractivity contribution < 1.29 is 18.7 Å². The highest BCUT2D eigenvalue weighted by Crippen LogP contribution is 2.29. The number of carbonyl (C=O) groups excluding carboxylic acids is 2. The third kappa shape index (κ3) is 5.83. The molecule has 2 amide bonds. The van der Waals surface area contributed by atoms with Crippen LogP contribution in [0.15, 0.2) is 36.5 Å². The normalized spacial score (nSPS) is 15.3. The molecule has 6 nitrogen and oxygen atoms in total. The molecule has 0 spiro atoms. The SMILES string of the molecule is O=C(COc1ccc(Cl)c(F)c1)NC1(C(=O)NCc2ccc(Cl)cn2)CCCCC1. The molecule has 0 radical (unpaired) electrons. The van der Waals surface area contributed by atoms with E-state index >= 15 is 0 Å². The largest absolute Gasteiger partial charge is 0.484 e. The number of nitrogens with zero attached hydrogens (tertiary/aromatic N) is 1. The van der Waals surface area contributed by atoms with Gasteiger partial charge in [0.2, 0.25) is 5.91 Å². The summed E-state index contributed by atoms with van der Waals surface area (Å²) in [5, 5.41) is 6.18. The van der Waals surface area contributed by atoms with Gasteiger partial charge in [0.15, 0.2) is 6.61 Å². The van der Waals surface area contributed by atoms with E-state index in [0.29, 0.717) is 23.6 Å². The molecule has 1 saturated carbocycles. The number of hydrogen-bond acceptors (Lipinski definition) is 4. The fourth-order valence-corrected chi connectivity index (χ4v) is 3.66. The molecule has 9 heteroatoms. The fourth-order valence-electron chi connectivity index (χ4n) is 3.43. The standard InChI is InChI=1S/C21H22Cl2FN3O3/c22-14-4-5-15(25-11-14)12-26-20(29)21(8-2-1-3-9-21)27-19(28)13-30-16-6-7-17(23)18(24)10-16/h4-7,10-11H,1-3,8-9,12-13H2,(H,26,29)(H,27,28). The minimum absolute atomic E-state index is 0.0280. The van der Waals surface area contributed by atoms with Crippen LogP contribution in [0.25, 0.3) is 0 Å². The van der Waals surface area contributed by atoms with E-state index in [4.69, 9.17) is 27.9 Å². The maximum absolute atomic E-state index is 13.5. The number of nitrogens with one attached hydrogen (secondary N) is 2. The van der Waals surface area contributed by atoms with E-state index in [9.17, 15) is 14.0 Å². The molecule has 1 fully saturated rings. The second-order valence-electron chi connectivity index (χ2n) is 7.21. The van der Waals surface area contributed by atoms with Crippen LogP contribution in [0.1, 0.15) is 37.8 Å². The zero-order valence-corrected chi connectivity index (χ0v) is 17.7. The first kappa shape index (κ1) is 22.3. The molecule has 160 valence electrons. The quantitative estimate of drug-likeness (QED) is 0.662. The summed E-state index contributed by atoms with van der Waals surface area (Å²) >= 11 is 11.5. The van der Waals surface area contributed by atoms with Gasteiger partial charge < -0.3 is 15.4 Å². The van der Waals surface area contributed by atoms with Crippen LogP contribution in [0.3, 0.4) is 0 Å². The van der Waals surface area contributed by atoms with Gasteiger partial charge in [0, 0.05) is 12.3 Å². The lowest BCUT2D eigenvalue weighted by molar-refractivity contribution is -0.136. The van der Waals surface area contributed by atoms with Crippen molar-refractivity contribution in [3.63, 3.8) is 0 Å². The maximum atomic E-state index is 13.5. The Kier molecular flexibility index (Phi) is 7.50. The Bertz CT molecular complexity index is 903. The van der Waals surface area contributed by atoms with Crippen LogP contribution in [0.5, 0.6) is 5.75 Å². The second-order valence-corrected chi connectivity index (χ2v) is 8.05. The van der Waals surface area contributed by atoms with E-state index in [1.165, 1.54) is 18.3 Å². The number of benzene rings is 1. The Labute approximate surface area is 184 Å². The summed E-state index contributed by atoms with van der Waals surface area (Å²) in [7, 11) is 0. The van der Waals surface area contributed by atoms with Gasteiger partial charge in [-0.15, -0.1) is 0 Å². The lowest BCUT2D eigenvalue weighted by atomic mass is 9.80. The summed E-state index contributed by atoms with van der Waals surface area (Å²) < 4.78 is 18.9. The van der Waals surface area contributed by atoms with Gasteiger partial charge in [0.25, 0.3) is 5.91 Å². The summed E-state index contributed by atoms with van der Waals surface area (Å²) in [5.74, 6) is -1.16. The van der Waals surface area contributed by atoms with Crippen molar-refractivity contribution in [2.45, 2.75) is 44.2 Å². The highest BCUT2D eigenvalue weighted by molar-refractivity contribution is 6.30. The first-order valence-corrected chi connectivity index (χ1v) is 10.4. The van der Waals surface area contributed by atoms with Crippen LogP contribution < -0.4 is 15.4 Å². The number of ether oxygens (including phenoxy) is 1. The van der Waals surface area contributed by atoms with Crippen LogP contribution in [0.4, 0.5) is 4.39 Å². The molecule has 0 aliphatic heterocycles. The Morgan fingerprint density at radius 1 is 1.13 bits per heavy atom. The number of rotatable bonds is 7. The summed E-state index contributed by atoms with van der Waals surface area (Å²) in [4.78, 5) is 29.6. The molecular formula is C21H22Cl2FN3O3. The van der Waals surface area contributed by atoms with E-state index < -0.39 is 17.3 Å². The molecule has 1 aliphatic carbocycles. The van der Waals surface area contributed by atoms with Crippen LogP contribution in [-0.4, -0.2) is 28.9 Å². The van der Waals surface area contributed by atoms with Crippen molar-refractivity contribution in [3.05, 3.63) is 58.1 Å². The van der Waals surface area contributed by atoms with Crippen molar-refractivity contribution in [3.8, 4) is 5.75 Å². The summed E-state index contributed by atoms with van der Waals surface area (Å²) in [6.45, 7) is -0.108. The van der Waals surface area contributed by atoms with Crippen molar-refractivity contribution >= 4 is 35.0 Å². The molecule has 0 atom stereocenters. The average Bonchev–Trinajstić information content (AvgIpc) is 2.74. The van der Waals surface area contributed by atoms with Gasteiger partial charge in [-0.25, -0.2) is 4.39 Å². The number of pyridine rings is 1. The van der Waals surface area contributed by atoms with Crippen LogP contribution >= 0.6 is 23.2 Å². The van der Waals surface area contributed by atoms with Crippen molar-refractivity contribution in [1.29, 1.82) is 0 Å². The molecule has 2 aromatic rings. The lowest BCUT2D eigenvalue weighted by Crippen LogP contribution is -2.60. The Balaban J connectivity index is 1.60. The van der Waals surface area contributed by atoms with Crippen molar-refractivity contribution in [1.82, 2.24) is 15.6 Å². The molecule has 3 rings (SSSR count). The first-order valence-electron chi connectivity index (χ1n) is 9.65. The zero-order valence-electron chi connectivity index (χ0n) is 16.2. The highest BCUT2D eigenvalue weighted by Gasteiger charge is 2.40. The van der Waals surface area contributed by atoms with E-state index in [0.717, 1.165) is 25.3 Å². The number of aromatic nitrogens is 1. The number of hydrogen-bond donors (Lipinski definition) is 2. The van der Waals surface area contributed by atoms with E-state index in [-0.39, 0.29) is 29.8 Å². The molecule has 2 N–H and O–H groups in total. The highest BCUT2D eigenvalue weighted by atomic mass is 35.5. The van der Waals surface area contributed by atoms with Crippen LogP contribution in [0.2, 0.25) is 10.0 Å². The van der Waals surface area contributed by atoms with Gasteiger partial charge >= 0.3 is 0 Å². The second kappa shape index (κ2) is 10.1. The first-order chi connectivity index (χ1) is 14.4. The minimum atomic E-state index is -1.00. The predicted octanol–water partition coefficient (Wildman–Crippen LogP) is 4.04. The number of amides is 2. The molecule has 1 aromatic carbocycles. The van der Waals surface area contributed by atoms with Crippen LogP contribution in [-0.2, 0) is 16.1 Å². The van der Waals surface area contributed by atoms with Gasteiger partial charge in [-0.05, 0) is 37.1 Å². The topological polar surface area (TPSA) is 80.3 Å². The van der Waals surface area contributed by atoms with E-state index in [1.54, 1.807) is 12.1 Å². The monoisotopic (exact) mass is 453 g/mol. The predicted molar refractivity (Wildman–Crippen MR) is 112 cm³/mol. The number of carbonyl (C=O) groups is 2. The van der Waals surface area contributed by atoms with Gasteiger partial charge in [-0.2, -0.15) is 0 Å². The molecular weight excluding hydrogens is 432 g/mol. The molecule has 0 bridgehead atoms. The van der Waals surface area contributed by atoms with Crippen molar-refractivity contribution in [2.24, 2.45) is 0 Å². The zero-order chi connectivity index (χ0) is 21.6. The van der Waals surface area contributed by atoms with Gasteiger partial charge in [0.05, 0.1) is 22.3 Å². The van der Waals surface area contributed by atoms with Crippen LogP contribution in [0, 0.1) is 5.82 Å². The van der Waals surface area contributed by atoms with E-state index in [2.05, 4.69) is 15.6 Å². The van der Waals surface area contributed by atoms with Gasteiger partial charge in [-0.3, -0.25) is 14.6 Å². The molecule has 1 aliphatic rings. The fraction of sp³-hybridized carbons (Fsp3) is 0.381. The summed E-state index contributed by atoms with van der Waals surface area (Å²) in [6, 6.07) is 7.36.